The van der Waals surface area contributed by atoms with Gasteiger partial charge in [-0.05, 0) is 37.6 Å². The van der Waals surface area contributed by atoms with Crippen LogP contribution in [0.1, 0.15) is 12.0 Å². The maximum Gasteiger partial charge on any atom is 0.241 e. The van der Waals surface area contributed by atoms with Gasteiger partial charge < -0.3 is 5.32 Å². The highest BCUT2D eigenvalue weighted by Crippen LogP contribution is 2.16. The van der Waals surface area contributed by atoms with Gasteiger partial charge in [0.25, 0.3) is 0 Å². The lowest BCUT2D eigenvalue weighted by Crippen LogP contribution is -2.30. The first-order chi connectivity index (χ1) is 8.99. The minimum Gasteiger partial charge on any atom is -0.313 e. The first-order valence-electron chi connectivity index (χ1n) is 6.13. The van der Waals surface area contributed by atoms with E-state index in [1.165, 1.54) is 12.1 Å². The van der Waals surface area contributed by atoms with Crippen molar-refractivity contribution >= 4 is 22.4 Å². The smallest absolute Gasteiger partial charge is 0.241 e. The Bertz CT molecular complexity index is 602. The second-order valence-electron chi connectivity index (χ2n) is 4.55. The number of hydrogen-bond acceptors (Lipinski definition) is 3. The zero-order chi connectivity index (χ0) is 13.9. The lowest BCUT2D eigenvalue weighted by atomic mass is 10.1. The average molecular weight is 321 g/mol. The van der Waals surface area contributed by atoms with Crippen LogP contribution in [0.5, 0.6) is 0 Å². The van der Waals surface area contributed by atoms with Gasteiger partial charge in [-0.3, -0.25) is 0 Å². The van der Waals surface area contributed by atoms with Crippen LogP contribution in [0.25, 0.3) is 0 Å². The summed E-state index contributed by atoms with van der Waals surface area (Å²) in [7, 11) is -3.66. The molecule has 7 heteroatoms. The predicted octanol–water partition coefficient (Wildman–Crippen LogP) is 1.75. The molecule has 4 nitrogen and oxygen atoms in total. The average Bonchev–Trinajstić information content (AvgIpc) is 2.40. The Kier molecular flexibility index (Phi) is 6.13. The number of sulfonamides is 1. The standard InChI is InChI=1S/C13H17FN2O2S.ClH/c1-10-2-3-12(14)8-13(10)19(17,18)16-9-11-4-6-15-7-5-11;/h2-4,8,15-16H,5-7,9H2,1H3;1H. The SMILES string of the molecule is Cc1ccc(F)cc1S(=O)(=O)NCC1=CCNCC1.Cl. The Hall–Kier alpha value is -0.950. The molecule has 0 spiro atoms. The van der Waals surface area contributed by atoms with Gasteiger partial charge in [-0.1, -0.05) is 17.7 Å². The fraction of sp³-hybridized carbons (Fsp3) is 0.385. The highest BCUT2D eigenvalue weighted by Gasteiger charge is 2.18. The maximum atomic E-state index is 13.2. The largest absolute Gasteiger partial charge is 0.313 e. The van der Waals surface area contributed by atoms with E-state index in [0.717, 1.165) is 31.1 Å². The van der Waals surface area contributed by atoms with E-state index in [4.69, 9.17) is 0 Å². The quantitative estimate of drug-likeness (QED) is 0.831. The Labute approximate surface area is 124 Å². The zero-order valence-corrected chi connectivity index (χ0v) is 12.8. The highest BCUT2D eigenvalue weighted by molar-refractivity contribution is 7.89. The highest BCUT2D eigenvalue weighted by atomic mass is 35.5. The van der Waals surface area contributed by atoms with Gasteiger partial charge in [-0.2, -0.15) is 0 Å². The predicted molar refractivity (Wildman–Crippen MR) is 79.1 cm³/mol. The molecule has 2 N–H and O–H groups in total. The molecule has 0 unspecified atom stereocenters. The Morgan fingerprint density at radius 3 is 2.80 bits per heavy atom. The van der Waals surface area contributed by atoms with E-state index in [1.54, 1.807) is 6.92 Å². The Balaban J connectivity index is 0.00000200. The van der Waals surface area contributed by atoms with Crippen molar-refractivity contribution in [2.24, 2.45) is 0 Å². The van der Waals surface area contributed by atoms with Gasteiger partial charge in [0.05, 0.1) is 4.90 Å². The van der Waals surface area contributed by atoms with Gasteiger partial charge in [0.2, 0.25) is 10.0 Å². The number of hydrogen-bond donors (Lipinski definition) is 2. The van der Waals surface area contributed by atoms with Crippen molar-refractivity contribution in [3.8, 4) is 0 Å². The molecule has 0 aromatic heterocycles. The molecule has 0 radical (unpaired) electrons. The van der Waals surface area contributed by atoms with Gasteiger partial charge in [-0.15, -0.1) is 12.4 Å². The normalized spacial score (nSPS) is 15.4. The van der Waals surface area contributed by atoms with Crippen molar-refractivity contribution < 1.29 is 12.8 Å². The van der Waals surface area contributed by atoms with E-state index >= 15 is 0 Å². The summed E-state index contributed by atoms with van der Waals surface area (Å²) >= 11 is 0. The molecule has 1 aromatic carbocycles. The molecule has 0 bridgehead atoms. The summed E-state index contributed by atoms with van der Waals surface area (Å²) in [6.07, 6.45) is 2.80. The van der Waals surface area contributed by atoms with Crippen molar-refractivity contribution in [2.45, 2.75) is 18.2 Å². The van der Waals surface area contributed by atoms with Gasteiger partial charge in [-0.25, -0.2) is 17.5 Å². The van der Waals surface area contributed by atoms with Crippen molar-refractivity contribution in [1.82, 2.24) is 10.0 Å². The molecule has 0 saturated carbocycles. The Morgan fingerprint density at radius 2 is 2.15 bits per heavy atom. The van der Waals surface area contributed by atoms with E-state index in [9.17, 15) is 12.8 Å². The summed E-state index contributed by atoms with van der Waals surface area (Å²) in [5, 5.41) is 3.16. The summed E-state index contributed by atoms with van der Waals surface area (Å²) in [5.74, 6) is -0.549. The number of halogens is 2. The van der Waals surface area contributed by atoms with Gasteiger partial charge in [0, 0.05) is 13.1 Å². The third-order valence-corrected chi connectivity index (χ3v) is 4.63. The zero-order valence-electron chi connectivity index (χ0n) is 11.1. The van der Waals surface area contributed by atoms with Crippen molar-refractivity contribution in [3.05, 3.63) is 41.2 Å². The molecule has 1 aliphatic rings. The molecule has 2 rings (SSSR count). The summed E-state index contributed by atoms with van der Waals surface area (Å²) in [5.41, 5.74) is 1.59. The lowest BCUT2D eigenvalue weighted by Gasteiger charge is -2.15. The molecule has 0 saturated heterocycles. The summed E-state index contributed by atoms with van der Waals surface area (Å²) < 4.78 is 39.9. The number of aryl methyl sites for hydroxylation is 1. The van der Waals surface area contributed by atoms with E-state index in [1.807, 2.05) is 6.08 Å². The van der Waals surface area contributed by atoms with Crippen LogP contribution >= 0.6 is 12.4 Å². The summed E-state index contributed by atoms with van der Waals surface area (Å²) in [4.78, 5) is 0.00188. The molecule has 20 heavy (non-hydrogen) atoms. The van der Waals surface area contributed by atoms with E-state index < -0.39 is 15.8 Å². The summed E-state index contributed by atoms with van der Waals surface area (Å²) in [6.45, 7) is 3.54. The Morgan fingerprint density at radius 1 is 1.40 bits per heavy atom. The van der Waals surface area contributed by atoms with E-state index in [0.29, 0.717) is 5.56 Å². The monoisotopic (exact) mass is 320 g/mol. The third-order valence-electron chi connectivity index (χ3n) is 3.09. The number of nitrogens with one attached hydrogen (secondary N) is 2. The van der Waals surface area contributed by atoms with Crippen LogP contribution in [-0.2, 0) is 10.0 Å². The first-order valence-corrected chi connectivity index (χ1v) is 7.62. The molecule has 1 heterocycles. The van der Waals surface area contributed by atoms with Gasteiger partial charge >= 0.3 is 0 Å². The topological polar surface area (TPSA) is 58.2 Å². The molecule has 1 aromatic rings. The molecule has 0 fully saturated rings. The maximum absolute atomic E-state index is 13.2. The van der Waals surface area contributed by atoms with Crippen LogP contribution in [0.2, 0.25) is 0 Å². The molecule has 0 atom stereocenters. The minimum atomic E-state index is -3.66. The van der Waals surface area contributed by atoms with Crippen LogP contribution < -0.4 is 10.0 Å². The third kappa shape index (κ3) is 4.28. The van der Waals surface area contributed by atoms with Crippen LogP contribution in [0.15, 0.2) is 34.7 Å². The minimum absolute atomic E-state index is 0. The fourth-order valence-corrected chi connectivity index (χ4v) is 3.25. The molecule has 1 aliphatic heterocycles. The van der Waals surface area contributed by atoms with Crippen LogP contribution in [0.4, 0.5) is 4.39 Å². The van der Waals surface area contributed by atoms with Crippen molar-refractivity contribution in [3.63, 3.8) is 0 Å². The molecular formula is C13H18ClFN2O2S. The number of rotatable bonds is 4. The summed E-state index contributed by atoms with van der Waals surface area (Å²) in [6, 6.07) is 3.77. The fourth-order valence-electron chi connectivity index (χ4n) is 1.96. The molecule has 112 valence electrons. The molecular weight excluding hydrogens is 303 g/mol. The lowest BCUT2D eigenvalue weighted by molar-refractivity contribution is 0.577. The second-order valence-corrected chi connectivity index (χ2v) is 6.29. The van der Waals surface area contributed by atoms with Crippen LogP contribution in [0.3, 0.4) is 0 Å². The van der Waals surface area contributed by atoms with Crippen LogP contribution in [-0.4, -0.2) is 28.1 Å². The van der Waals surface area contributed by atoms with E-state index in [2.05, 4.69) is 10.0 Å². The van der Waals surface area contributed by atoms with Gasteiger partial charge in [0.1, 0.15) is 5.82 Å². The second kappa shape index (κ2) is 7.17. The molecule has 0 amide bonds. The first kappa shape index (κ1) is 17.1. The van der Waals surface area contributed by atoms with E-state index in [-0.39, 0.29) is 23.8 Å². The van der Waals surface area contributed by atoms with Crippen LogP contribution in [0, 0.1) is 12.7 Å². The number of benzene rings is 1. The van der Waals surface area contributed by atoms with Crippen molar-refractivity contribution in [2.75, 3.05) is 19.6 Å². The molecule has 0 aliphatic carbocycles. The van der Waals surface area contributed by atoms with Crippen molar-refractivity contribution in [1.29, 1.82) is 0 Å². The van der Waals surface area contributed by atoms with Gasteiger partial charge in [0.15, 0.2) is 0 Å².